The minimum absolute atomic E-state index is 0. The van der Waals surface area contributed by atoms with E-state index in [4.69, 9.17) is 5.11 Å². The normalized spacial score (nSPS) is 9.78. The maximum atomic E-state index is 10.3. The van der Waals surface area contributed by atoms with Crippen LogP contribution in [0.25, 0.3) is 0 Å². The van der Waals surface area contributed by atoms with Crippen LogP contribution in [-0.2, 0) is 0 Å². The summed E-state index contributed by atoms with van der Waals surface area (Å²) >= 11 is 0. The zero-order valence-corrected chi connectivity index (χ0v) is 11.5. The molecular formula is C11H19ClN2O4. The van der Waals surface area contributed by atoms with Crippen molar-refractivity contribution in [1.82, 2.24) is 0 Å². The van der Waals surface area contributed by atoms with Crippen LogP contribution in [0.3, 0.4) is 0 Å². The smallest absolute Gasteiger partial charge is 0.181 e. The average Bonchev–Trinajstić information content (AvgIpc) is 2.17. The van der Waals surface area contributed by atoms with Gasteiger partial charge in [0.1, 0.15) is 6.54 Å². The second kappa shape index (κ2) is 8.68. The first kappa shape index (κ1) is 19.0. The molecule has 1 aromatic rings. The van der Waals surface area contributed by atoms with E-state index in [1.54, 1.807) is 0 Å². The van der Waals surface area contributed by atoms with Crippen molar-refractivity contribution < 1.29 is 24.2 Å². The molecule has 1 N–H and O–H groups in total. The number of carbonyl (C=O) groups is 1. The zero-order chi connectivity index (χ0) is 13.5. The van der Waals surface area contributed by atoms with Crippen molar-refractivity contribution in [1.29, 1.82) is 0 Å². The van der Waals surface area contributed by atoms with Crippen LogP contribution < -0.4 is 9.84 Å². The lowest BCUT2D eigenvalue weighted by atomic mass is 10.3. The summed E-state index contributed by atoms with van der Waals surface area (Å²) in [5.41, 5.74) is 0.00657. The van der Waals surface area contributed by atoms with E-state index in [1.807, 2.05) is 0 Å². The van der Waals surface area contributed by atoms with Crippen LogP contribution in [0, 0.1) is 5.21 Å². The monoisotopic (exact) mass is 278 g/mol. The quantitative estimate of drug-likeness (QED) is 0.427. The van der Waals surface area contributed by atoms with Gasteiger partial charge in [0, 0.05) is 17.7 Å². The van der Waals surface area contributed by atoms with Gasteiger partial charge in [0.2, 0.25) is 0 Å². The predicted molar refractivity (Wildman–Crippen MR) is 67.0 cm³/mol. The lowest BCUT2D eigenvalue weighted by Gasteiger charge is -2.21. The highest BCUT2D eigenvalue weighted by Gasteiger charge is 2.02. The van der Waals surface area contributed by atoms with Crippen molar-refractivity contribution >= 4 is 18.4 Å². The summed E-state index contributed by atoms with van der Waals surface area (Å²) in [4.78, 5) is 10.1. The Labute approximate surface area is 113 Å². The molecule has 0 saturated heterocycles. The first-order valence-electron chi connectivity index (χ1n) is 5.08. The van der Waals surface area contributed by atoms with E-state index < -0.39 is 5.97 Å². The number of aliphatic hydroxyl groups excluding tert-OH is 1. The molecule has 1 rings (SSSR count). The van der Waals surface area contributed by atoms with Crippen molar-refractivity contribution in [3.05, 3.63) is 35.3 Å². The van der Waals surface area contributed by atoms with Crippen LogP contribution in [0.2, 0.25) is 0 Å². The molecule has 0 spiro atoms. The molecule has 0 bridgehead atoms. The standard InChI is InChI=1S/C6H5NO3.C5H14NO.ClH/c8-6(9)5-1-3-7(10)4-2-5;1-6(2,3)4-5-7;/h1-4H,(H,8,9);7H,4-5H2,1-3H3;1H/q;+1;/p-1. The van der Waals surface area contributed by atoms with Crippen LogP contribution in [0.5, 0.6) is 0 Å². The molecule has 18 heavy (non-hydrogen) atoms. The molecule has 0 radical (unpaired) electrons. The topological polar surface area (TPSA) is 87.3 Å². The molecule has 104 valence electrons. The summed E-state index contributed by atoms with van der Waals surface area (Å²) in [5.74, 6) is -1.28. The fourth-order valence-electron chi connectivity index (χ4n) is 0.849. The number of rotatable bonds is 3. The predicted octanol–water partition coefficient (Wildman–Crippen LogP) is -1.21. The first-order chi connectivity index (χ1) is 7.76. The Hall–Kier alpha value is -1.37. The number of likely N-dealkylation sites (N-methyl/N-ethyl adjacent to an activating group) is 1. The summed E-state index contributed by atoms with van der Waals surface area (Å²) < 4.78 is 1.35. The molecule has 0 atom stereocenters. The number of quaternary nitrogens is 1. The highest BCUT2D eigenvalue weighted by molar-refractivity contribution is 5.85. The summed E-state index contributed by atoms with van der Waals surface area (Å²) in [5, 5.41) is 28.8. The summed E-state index contributed by atoms with van der Waals surface area (Å²) in [6.07, 6.45) is 2.20. The second-order valence-corrected chi connectivity index (χ2v) is 4.47. The van der Waals surface area contributed by atoms with Gasteiger partial charge in [0.05, 0.1) is 33.7 Å². The SMILES string of the molecule is C[N+](C)(C)CCO.Cl.O=C([O-])c1cc[n+]([O-])cc1. The first-order valence-corrected chi connectivity index (χ1v) is 5.08. The minimum atomic E-state index is -1.28. The van der Waals surface area contributed by atoms with Crippen LogP contribution in [0.4, 0.5) is 0 Å². The number of aromatic nitrogens is 1. The van der Waals surface area contributed by atoms with Crippen molar-refractivity contribution in [3.63, 3.8) is 0 Å². The Morgan fingerprint density at radius 2 is 1.78 bits per heavy atom. The van der Waals surface area contributed by atoms with Crippen molar-refractivity contribution in [3.8, 4) is 0 Å². The Morgan fingerprint density at radius 1 is 1.33 bits per heavy atom. The van der Waals surface area contributed by atoms with Crippen molar-refractivity contribution in [2.24, 2.45) is 0 Å². The number of carboxylic acids is 1. The van der Waals surface area contributed by atoms with Crippen LogP contribution >= 0.6 is 12.4 Å². The second-order valence-electron chi connectivity index (χ2n) is 4.47. The van der Waals surface area contributed by atoms with E-state index >= 15 is 0 Å². The van der Waals surface area contributed by atoms with E-state index in [1.165, 1.54) is 12.1 Å². The van der Waals surface area contributed by atoms with Crippen LogP contribution in [0.15, 0.2) is 24.5 Å². The Kier molecular flexibility index (Phi) is 9.15. The Morgan fingerprint density at radius 3 is 2.00 bits per heavy atom. The fourth-order valence-corrected chi connectivity index (χ4v) is 0.849. The highest BCUT2D eigenvalue weighted by Crippen LogP contribution is 1.90. The van der Waals surface area contributed by atoms with E-state index in [9.17, 15) is 15.1 Å². The van der Waals surface area contributed by atoms with E-state index in [-0.39, 0.29) is 24.6 Å². The van der Waals surface area contributed by atoms with Crippen molar-refractivity contribution in [2.45, 2.75) is 0 Å². The maximum absolute atomic E-state index is 10.3. The number of carboxylic acid groups (broad SMARTS) is 1. The minimum Gasteiger partial charge on any atom is -0.619 e. The molecule has 0 saturated carbocycles. The maximum Gasteiger partial charge on any atom is 0.181 e. The molecule has 6 nitrogen and oxygen atoms in total. The lowest BCUT2D eigenvalue weighted by Crippen LogP contribution is -2.36. The summed E-state index contributed by atoms with van der Waals surface area (Å²) in [7, 11) is 6.16. The Balaban J connectivity index is 0. The van der Waals surface area contributed by atoms with Gasteiger partial charge in [-0.3, -0.25) is 0 Å². The zero-order valence-electron chi connectivity index (χ0n) is 10.7. The number of hydrogen-bond donors (Lipinski definition) is 1. The van der Waals surface area contributed by atoms with Gasteiger partial charge in [0.15, 0.2) is 12.4 Å². The molecule has 1 heterocycles. The van der Waals surface area contributed by atoms with Gasteiger partial charge in [-0.05, 0) is 0 Å². The molecule has 0 aromatic carbocycles. The van der Waals surface area contributed by atoms with E-state index in [2.05, 4.69) is 21.1 Å². The van der Waals surface area contributed by atoms with Crippen molar-refractivity contribution in [2.75, 3.05) is 34.3 Å². The van der Waals surface area contributed by atoms with Crippen LogP contribution in [0.1, 0.15) is 10.4 Å². The fraction of sp³-hybridized carbons (Fsp3) is 0.455. The molecule has 7 heteroatoms. The number of aromatic carboxylic acids is 1. The van der Waals surface area contributed by atoms with Crippen LogP contribution in [-0.4, -0.2) is 49.9 Å². The molecule has 0 aliphatic heterocycles. The summed E-state index contributed by atoms with van der Waals surface area (Å²) in [6, 6.07) is 2.37. The molecule has 0 unspecified atom stereocenters. The van der Waals surface area contributed by atoms with Gasteiger partial charge in [-0.1, -0.05) is 0 Å². The average molecular weight is 279 g/mol. The molecular weight excluding hydrogens is 260 g/mol. The molecule has 0 amide bonds. The molecule has 1 aromatic heterocycles. The number of hydrogen-bond acceptors (Lipinski definition) is 4. The van der Waals surface area contributed by atoms with Gasteiger partial charge in [-0.25, -0.2) is 0 Å². The van der Waals surface area contributed by atoms with Gasteiger partial charge in [-0.15, -0.1) is 12.4 Å². The van der Waals surface area contributed by atoms with Gasteiger partial charge in [-0.2, -0.15) is 4.73 Å². The lowest BCUT2D eigenvalue weighted by molar-refractivity contribution is -0.870. The van der Waals surface area contributed by atoms with Gasteiger partial charge < -0.3 is 24.7 Å². The third-order valence-electron chi connectivity index (χ3n) is 1.81. The molecule has 0 fully saturated rings. The highest BCUT2D eigenvalue weighted by atomic mass is 35.5. The molecule has 0 aliphatic carbocycles. The van der Waals surface area contributed by atoms with Gasteiger partial charge >= 0.3 is 0 Å². The number of carbonyl (C=O) groups excluding carboxylic acids is 1. The number of nitrogens with zero attached hydrogens (tertiary/aromatic N) is 2. The third-order valence-corrected chi connectivity index (χ3v) is 1.81. The molecule has 0 aliphatic rings. The number of halogens is 1. The van der Waals surface area contributed by atoms with E-state index in [0.29, 0.717) is 4.73 Å². The number of pyridine rings is 1. The number of aliphatic hydroxyl groups is 1. The van der Waals surface area contributed by atoms with Gasteiger partial charge in [0.25, 0.3) is 0 Å². The summed E-state index contributed by atoms with van der Waals surface area (Å²) in [6.45, 7) is 1.11. The Bertz CT molecular complexity index is 349. The van der Waals surface area contributed by atoms with E-state index in [0.717, 1.165) is 23.4 Å². The third kappa shape index (κ3) is 9.83. The largest absolute Gasteiger partial charge is 0.619 e.